The number of nitrogens with zero attached hydrogens (tertiary/aromatic N) is 1. The Morgan fingerprint density at radius 1 is 1.40 bits per heavy atom. The topological polar surface area (TPSA) is 77.2 Å². The predicted molar refractivity (Wildman–Crippen MR) is 102 cm³/mol. The van der Waals surface area contributed by atoms with Gasteiger partial charge in [0.15, 0.2) is 0 Å². The Morgan fingerprint density at radius 2 is 2.24 bits per heavy atom. The Bertz CT molecular complexity index is 974. The van der Waals surface area contributed by atoms with Crippen LogP contribution in [0.25, 0.3) is 21.1 Å². The maximum atomic E-state index is 12.5. The Labute approximate surface area is 150 Å². The third-order valence-electron chi connectivity index (χ3n) is 4.67. The minimum Gasteiger partial charge on any atom is -0.397 e. The average molecular weight is 355 g/mol. The Morgan fingerprint density at radius 3 is 3.00 bits per heavy atom. The zero-order valence-corrected chi connectivity index (χ0v) is 15.2. The van der Waals surface area contributed by atoms with E-state index in [4.69, 9.17) is 15.5 Å². The first-order valence-electron chi connectivity index (χ1n) is 8.52. The number of rotatable bonds is 3. The second-order valence-electron chi connectivity index (χ2n) is 6.68. The largest absolute Gasteiger partial charge is 0.397 e. The van der Waals surface area contributed by atoms with Crippen molar-refractivity contribution in [2.45, 2.75) is 32.8 Å². The van der Waals surface area contributed by atoms with Crippen LogP contribution in [0, 0.1) is 13.8 Å². The van der Waals surface area contributed by atoms with Gasteiger partial charge in [-0.05, 0) is 44.4 Å². The highest BCUT2D eigenvalue weighted by Gasteiger charge is 2.21. The van der Waals surface area contributed by atoms with Crippen LogP contribution in [0.15, 0.2) is 18.2 Å². The summed E-state index contributed by atoms with van der Waals surface area (Å²) < 4.78 is 5.55. The number of nitrogen functional groups attached to an aromatic ring is 1. The molecule has 3 heterocycles. The van der Waals surface area contributed by atoms with Gasteiger partial charge >= 0.3 is 0 Å². The number of fused-ring (bicyclic) bond motifs is 2. The number of nitrogens with one attached hydrogen (secondary N) is 1. The van der Waals surface area contributed by atoms with Gasteiger partial charge in [-0.1, -0.05) is 11.6 Å². The zero-order chi connectivity index (χ0) is 17.6. The molecule has 6 heteroatoms. The number of pyridine rings is 1. The molecule has 2 aromatic heterocycles. The molecular formula is C19H21N3O2S. The molecule has 3 aromatic rings. The molecule has 1 unspecified atom stereocenters. The molecule has 0 radical (unpaired) electrons. The molecule has 0 saturated carbocycles. The monoisotopic (exact) mass is 355 g/mol. The van der Waals surface area contributed by atoms with E-state index < -0.39 is 0 Å². The summed E-state index contributed by atoms with van der Waals surface area (Å²) in [5.74, 6) is -0.145. The summed E-state index contributed by atoms with van der Waals surface area (Å²) in [5, 5.41) is 4.85. The summed E-state index contributed by atoms with van der Waals surface area (Å²) in [6, 6.07) is 6.26. The third kappa shape index (κ3) is 2.96. The summed E-state index contributed by atoms with van der Waals surface area (Å²) in [4.78, 5) is 18.6. The second kappa shape index (κ2) is 6.28. The van der Waals surface area contributed by atoms with Crippen molar-refractivity contribution >= 4 is 44.1 Å². The second-order valence-corrected chi connectivity index (χ2v) is 7.68. The molecule has 1 amide bonds. The van der Waals surface area contributed by atoms with E-state index in [0.29, 0.717) is 17.1 Å². The van der Waals surface area contributed by atoms with E-state index in [1.165, 1.54) is 16.9 Å². The Kier molecular flexibility index (Phi) is 4.09. The minimum absolute atomic E-state index is 0.117. The molecule has 1 aromatic carbocycles. The number of nitrogens with two attached hydrogens (primary N) is 1. The molecule has 1 aliphatic heterocycles. The predicted octanol–water partition coefficient (Wildman–Crippen LogP) is 3.56. The molecule has 5 nitrogen and oxygen atoms in total. The van der Waals surface area contributed by atoms with Crippen molar-refractivity contribution in [3.05, 3.63) is 34.2 Å². The maximum absolute atomic E-state index is 12.5. The molecule has 1 fully saturated rings. The summed E-state index contributed by atoms with van der Waals surface area (Å²) in [6.45, 7) is 5.43. The van der Waals surface area contributed by atoms with Crippen molar-refractivity contribution < 1.29 is 9.53 Å². The summed E-state index contributed by atoms with van der Waals surface area (Å²) in [7, 11) is 0. The minimum atomic E-state index is -0.145. The number of ether oxygens (including phenoxy) is 1. The van der Waals surface area contributed by atoms with Gasteiger partial charge in [0, 0.05) is 23.9 Å². The summed E-state index contributed by atoms with van der Waals surface area (Å²) in [6.07, 6.45) is 2.17. The van der Waals surface area contributed by atoms with Gasteiger partial charge in [0.25, 0.3) is 5.91 Å². The number of carbonyl (C=O) groups excluding carboxylic acids is 1. The lowest BCUT2D eigenvalue weighted by molar-refractivity contribution is 0.0862. The summed E-state index contributed by atoms with van der Waals surface area (Å²) >= 11 is 1.35. The molecule has 1 aliphatic rings. The molecule has 0 spiro atoms. The molecule has 1 saturated heterocycles. The lowest BCUT2D eigenvalue weighted by atomic mass is 10.1. The van der Waals surface area contributed by atoms with Crippen LogP contribution in [0.3, 0.4) is 0 Å². The normalized spacial score (nSPS) is 17.4. The lowest BCUT2D eigenvalue weighted by Crippen LogP contribution is -2.31. The van der Waals surface area contributed by atoms with E-state index in [1.807, 2.05) is 6.07 Å². The number of hydrogen-bond acceptors (Lipinski definition) is 5. The first-order chi connectivity index (χ1) is 12.0. The van der Waals surface area contributed by atoms with Crippen molar-refractivity contribution in [2.75, 3.05) is 18.9 Å². The fourth-order valence-corrected chi connectivity index (χ4v) is 4.43. The van der Waals surface area contributed by atoms with Gasteiger partial charge in [-0.3, -0.25) is 4.79 Å². The fraction of sp³-hybridized carbons (Fsp3) is 0.368. The Balaban J connectivity index is 1.69. The van der Waals surface area contributed by atoms with Gasteiger partial charge in [0.05, 0.1) is 17.3 Å². The van der Waals surface area contributed by atoms with Gasteiger partial charge < -0.3 is 15.8 Å². The number of aryl methyl sites for hydroxylation is 2. The van der Waals surface area contributed by atoms with Crippen LogP contribution in [0.4, 0.5) is 5.69 Å². The molecule has 1 atom stereocenters. The van der Waals surface area contributed by atoms with Crippen LogP contribution in [0.1, 0.15) is 33.6 Å². The zero-order valence-electron chi connectivity index (χ0n) is 14.4. The first kappa shape index (κ1) is 16.3. The number of thiophene rings is 1. The number of benzene rings is 1. The molecule has 130 valence electrons. The quantitative estimate of drug-likeness (QED) is 0.753. The number of aromatic nitrogens is 1. The van der Waals surface area contributed by atoms with Crippen molar-refractivity contribution in [3.63, 3.8) is 0 Å². The molecule has 0 aliphatic carbocycles. The van der Waals surface area contributed by atoms with Gasteiger partial charge in [-0.25, -0.2) is 4.98 Å². The van der Waals surface area contributed by atoms with E-state index in [-0.39, 0.29) is 12.0 Å². The number of carbonyl (C=O) groups is 1. The highest BCUT2D eigenvalue weighted by Crippen LogP contribution is 2.35. The van der Waals surface area contributed by atoms with Gasteiger partial charge in [-0.2, -0.15) is 0 Å². The van der Waals surface area contributed by atoms with Crippen molar-refractivity contribution in [3.8, 4) is 0 Å². The molecule has 0 bridgehead atoms. The van der Waals surface area contributed by atoms with E-state index in [2.05, 4.69) is 31.3 Å². The van der Waals surface area contributed by atoms with Crippen LogP contribution < -0.4 is 11.1 Å². The number of hydrogen-bond donors (Lipinski definition) is 2. The molecule has 3 N–H and O–H groups in total. The van der Waals surface area contributed by atoms with E-state index >= 15 is 0 Å². The van der Waals surface area contributed by atoms with Gasteiger partial charge in [0.1, 0.15) is 9.71 Å². The number of anilines is 1. The molecule has 4 rings (SSSR count). The highest BCUT2D eigenvalue weighted by molar-refractivity contribution is 7.21. The Hall–Kier alpha value is -2.18. The van der Waals surface area contributed by atoms with Crippen LogP contribution in [-0.4, -0.2) is 30.1 Å². The number of amides is 1. The van der Waals surface area contributed by atoms with Gasteiger partial charge in [0.2, 0.25) is 0 Å². The maximum Gasteiger partial charge on any atom is 0.263 e. The third-order valence-corrected chi connectivity index (χ3v) is 5.79. The fourth-order valence-electron chi connectivity index (χ4n) is 3.44. The van der Waals surface area contributed by atoms with E-state index in [9.17, 15) is 4.79 Å². The van der Waals surface area contributed by atoms with Crippen LogP contribution in [0.5, 0.6) is 0 Å². The van der Waals surface area contributed by atoms with Crippen molar-refractivity contribution in [2.24, 2.45) is 0 Å². The molecule has 25 heavy (non-hydrogen) atoms. The van der Waals surface area contributed by atoms with Crippen LogP contribution >= 0.6 is 11.3 Å². The van der Waals surface area contributed by atoms with Crippen molar-refractivity contribution in [1.29, 1.82) is 0 Å². The highest BCUT2D eigenvalue weighted by atomic mass is 32.1. The van der Waals surface area contributed by atoms with Gasteiger partial charge in [-0.15, -0.1) is 11.3 Å². The van der Waals surface area contributed by atoms with Crippen LogP contribution in [-0.2, 0) is 4.74 Å². The lowest BCUT2D eigenvalue weighted by Gasteiger charge is -2.10. The van der Waals surface area contributed by atoms with E-state index in [0.717, 1.165) is 46.1 Å². The first-order valence-corrected chi connectivity index (χ1v) is 9.34. The smallest absolute Gasteiger partial charge is 0.263 e. The van der Waals surface area contributed by atoms with Crippen LogP contribution in [0.2, 0.25) is 0 Å². The SMILES string of the molecule is Cc1cc(C)c2nc3sc(C(=O)NCC4CCCO4)c(N)c3cc2c1. The molecular weight excluding hydrogens is 334 g/mol. The standard InChI is InChI=1S/C19H21N3O2S/c1-10-6-11(2)16-12(7-10)8-14-15(20)17(25-19(14)22-16)18(23)21-9-13-4-3-5-24-13/h6-8,13H,3-5,9,20H2,1-2H3,(H,21,23). The van der Waals surface area contributed by atoms with Crippen molar-refractivity contribution in [1.82, 2.24) is 10.3 Å². The summed E-state index contributed by atoms with van der Waals surface area (Å²) in [5.41, 5.74) is 10.1. The average Bonchev–Trinajstić information content (AvgIpc) is 3.20. The van der Waals surface area contributed by atoms with E-state index in [1.54, 1.807) is 0 Å².